The van der Waals surface area contributed by atoms with Gasteiger partial charge in [0.2, 0.25) is 0 Å². The van der Waals surface area contributed by atoms with Crippen LogP contribution in [0.4, 0.5) is 0 Å². The fourth-order valence-electron chi connectivity index (χ4n) is 2.33. The van der Waals surface area contributed by atoms with Crippen molar-refractivity contribution in [3.63, 3.8) is 0 Å². The van der Waals surface area contributed by atoms with Crippen LogP contribution in [0.15, 0.2) is 24.3 Å². The van der Waals surface area contributed by atoms with Crippen LogP contribution in [0.1, 0.15) is 38.2 Å². The number of fused-ring (bicyclic) bond motifs is 1. The normalized spacial score (nSPS) is 23.6. The average molecular weight is 219 g/mol. The molecule has 2 nitrogen and oxygen atoms in total. The Morgan fingerprint density at radius 3 is 2.94 bits per heavy atom. The van der Waals surface area contributed by atoms with Crippen LogP contribution >= 0.6 is 0 Å². The Balaban J connectivity index is 2.00. The molecule has 1 aliphatic heterocycles. The minimum atomic E-state index is -0.149. The molecule has 88 valence electrons. The highest BCUT2D eigenvalue weighted by molar-refractivity contribution is 5.36. The monoisotopic (exact) mass is 219 g/mol. The van der Waals surface area contributed by atoms with E-state index in [1.54, 1.807) is 0 Å². The lowest BCUT2D eigenvalue weighted by Gasteiger charge is -2.34. The van der Waals surface area contributed by atoms with Gasteiger partial charge in [-0.1, -0.05) is 44.4 Å². The average Bonchev–Trinajstić information content (AvgIpc) is 2.29. The molecular formula is C14H21NO. The first kappa shape index (κ1) is 11.5. The summed E-state index contributed by atoms with van der Waals surface area (Å²) in [6.45, 7) is 2.88. The van der Waals surface area contributed by atoms with Gasteiger partial charge in [-0.3, -0.25) is 0 Å². The highest BCUT2D eigenvalue weighted by Crippen LogP contribution is 2.30. The minimum Gasteiger partial charge on any atom is -0.491 e. The maximum absolute atomic E-state index is 6.39. The lowest BCUT2D eigenvalue weighted by atomic mass is 9.85. The van der Waals surface area contributed by atoms with Gasteiger partial charge in [-0.05, 0) is 24.5 Å². The smallest absolute Gasteiger partial charge is 0.122 e. The molecule has 1 unspecified atom stereocenters. The predicted octanol–water partition coefficient (Wildman–Crippen LogP) is 2.90. The summed E-state index contributed by atoms with van der Waals surface area (Å²) in [7, 11) is 0. The maximum atomic E-state index is 6.39. The van der Waals surface area contributed by atoms with Crippen molar-refractivity contribution >= 4 is 0 Å². The van der Waals surface area contributed by atoms with Crippen LogP contribution in [0.25, 0.3) is 0 Å². The molecule has 0 spiro atoms. The van der Waals surface area contributed by atoms with Gasteiger partial charge in [-0.2, -0.15) is 0 Å². The number of nitrogens with two attached hydrogens (primary N) is 1. The molecule has 2 rings (SSSR count). The van der Waals surface area contributed by atoms with Gasteiger partial charge in [0.05, 0.1) is 5.54 Å². The third-order valence-corrected chi connectivity index (χ3v) is 3.31. The summed E-state index contributed by atoms with van der Waals surface area (Å²) in [6, 6.07) is 8.22. The fraction of sp³-hybridized carbons (Fsp3) is 0.571. The van der Waals surface area contributed by atoms with E-state index in [-0.39, 0.29) is 5.54 Å². The standard InChI is InChI=1S/C14H21NO/c1-2-3-6-9-14(15)10-12-7-4-5-8-13(12)16-11-14/h4-5,7-8H,2-3,6,9-11,15H2,1H3. The Morgan fingerprint density at radius 2 is 2.12 bits per heavy atom. The summed E-state index contributed by atoms with van der Waals surface area (Å²) in [5.41, 5.74) is 7.50. The van der Waals surface area contributed by atoms with Gasteiger partial charge in [0, 0.05) is 0 Å². The number of para-hydroxylation sites is 1. The minimum absolute atomic E-state index is 0.149. The van der Waals surface area contributed by atoms with Crippen LogP contribution in [0.2, 0.25) is 0 Å². The first-order valence-corrected chi connectivity index (χ1v) is 6.23. The van der Waals surface area contributed by atoms with Crippen molar-refractivity contribution in [1.82, 2.24) is 0 Å². The molecule has 2 N–H and O–H groups in total. The van der Waals surface area contributed by atoms with Crippen LogP contribution in [-0.2, 0) is 6.42 Å². The molecule has 0 fully saturated rings. The van der Waals surface area contributed by atoms with E-state index in [4.69, 9.17) is 10.5 Å². The zero-order valence-corrected chi connectivity index (χ0v) is 10.0. The number of hydrogen-bond acceptors (Lipinski definition) is 2. The van der Waals surface area contributed by atoms with Crippen molar-refractivity contribution in [2.45, 2.75) is 44.6 Å². The molecule has 1 atom stereocenters. The molecule has 1 aromatic carbocycles. The van der Waals surface area contributed by atoms with Crippen molar-refractivity contribution in [2.75, 3.05) is 6.61 Å². The Bertz CT molecular complexity index is 350. The first-order chi connectivity index (χ1) is 7.73. The third-order valence-electron chi connectivity index (χ3n) is 3.31. The molecule has 1 heterocycles. The lowest BCUT2D eigenvalue weighted by molar-refractivity contribution is 0.179. The van der Waals surface area contributed by atoms with E-state index in [0.29, 0.717) is 6.61 Å². The summed E-state index contributed by atoms with van der Waals surface area (Å²) in [6.07, 6.45) is 5.73. The van der Waals surface area contributed by atoms with Crippen molar-refractivity contribution in [2.24, 2.45) is 5.73 Å². The molecule has 1 aromatic rings. The Hall–Kier alpha value is -1.02. The summed E-state index contributed by atoms with van der Waals surface area (Å²) in [5, 5.41) is 0. The first-order valence-electron chi connectivity index (χ1n) is 6.23. The van der Waals surface area contributed by atoms with E-state index in [1.807, 2.05) is 12.1 Å². The molecule has 0 bridgehead atoms. The second-order valence-corrected chi connectivity index (χ2v) is 4.89. The number of ether oxygens (including phenoxy) is 1. The fourth-order valence-corrected chi connectivity index (χ4v) is 2.33. The molecule has 0 aliphatic carbocycles. The second-order valence-electron chi connectivity index (χ2n) is 4.89. The zero-order valence-electron chi connectivity index (χ0n) is 10.0. The van der Waals surface area contributed by atoms with Crippen LogP contribution in [0.3, 0.4) is 0 Å². The van der Waals surface area contributed by atoms with E-state index in [2.05, 4.69) is 19.1 Å². The number of unbranched alkanes of at least 4 members (excludes halogenated alkanes) is 2. The highest BCUT2D eigenvalue weighted by Gasteiger charge is 2.30. The summed E-state index contributed by atoms with van der Waals surface area (Å²) in [5.74, 6) is 1.01. The zero-order chi connectivity index (χ0) is 11.4. The van der Waals surface area contributed by atoms with Crippen LogP contribution in [-0.4, -0.2) is 12.1 Å². The van der Waals surface area contributed by atoms with Crippen LogP contribution < -0.4 is 10.5 Å². The number of rotatable bonds is 4. The van der Waals surface area contributed by atoms with Crippen molar-refractivity contribution in [1.29, 1.82) is 0 Å². The van der Waals surface area contributed by atoms with Gasteiger partial charge < -0.3 is 10.5 Å². The van der Waals surface area contributed by atoms with Gasteiger partial charge in [0.1, 0.15) is 12.4 Å². The Labute approximate surface area is 97.8 Å². The van der Waals surface area contributed by atoms with Crippen molar-refractivity contribution in [3.8, 4) is 5.75 Å². The number of hydrogen-bond donors (Lipinski definition) is 1. The largest absolute Gasteiger partial charge is 0.491 e. The summed E-state index contributed by atoms with van der Waals surface area (Å²) < 4.78 is 5.74. The molecule has 0 amide bonds. The van der Waals surface area contributed by atoms with Gasteiger partial charge >= 0.3 is 0 Å². The quantitative estimate of drug-likeness (QED) is 0.790. The maximum Gasteiger partial charge on any atom is 0.122 e. The molecule has 16 heavy (non-hydrogen) atoms. The topological polar surface area (TPSA) is 35.2 Å². The lowest BCUT2D eigenvalue weighted by Crippen LogP contribution is -2.49. The van der Waals surface area contributed by atoms with Crippen LogP contribution in [0.5, 0.6) is 5.75 Å². The van der Waals surface area contributed by atoms with Gasteiger partial charge in [0.15, 0.2) is 0 Å². The molecule has 1 aliphatic rings. The molecule has 0 radical (unpaired) electrons. The van der Waals surface area contributed by atoms with E-state index < -0.39 is 0 Å². The van der Waals surface area contributed by atoms with Crippen LogP contribution in [0, 0.1) is 0 Å². The molecule has 0 saturated heterocycles. The molecule has 0 saturated carbocycles. The van der Waals surface area contributed by atoms with Gasteiger partial charge in [-0.25, -0.2) is 0 Å². The van der Waals surface area contributed by atoms with E-state index in [0.717, 1.165) is 18.6 Å². The molecule has 2 heteroatoms. The van der Waals surface area contributed by atoms with E-state index in [9.17, 15) is 0 Å². The SMILES string of the molecule is CCCCCC1(N)COc2ccccc2C1. The van der Waals surface area contributed by atoms with Gasteiger partial charge in [0.25, 0.3) is 0 Å². The third kappa shape index (κ3) is 2.56. The molecular weight excluding hydrogens is 198 g/mol. The highest BCUT2D eigenvalue weighted by atomic mass is 16.5. The Morgan fingerprint density at radius 1 is 1.31 bits per heavy atom. The van der Waals surface area contributed by atoms with Gasteiger partial charge in [-0.15, -0.1) is 0 Å². The molecule has 0 aromatic heterocycles. The predicted molar refractivity (Wildman–Crippen MR) is 66.7 cm³/mol. The van der Waals surface area contributed by atoms with Crippen molar-refractivity contribution < 1.29 is 4.74 Å². The Kier molecular flexibility index (Phi) is 3.49. The second kappa shape index (κ2) is 4.88. The summed E-state index contributed by atoms with van der Waals surface area (Å²) >= 11 is 0. The van der Waals surface area contributed by atoms with E-state index in [1.165, 1.54) is 24.8 Å². The number of benzene rings is 1. The summed E-state index contributed by atoms with van der Waals surface area (Å²) in [4.78, 5) is 0. The van der Waals surface area contributed by atoms with E-state index >= 15 is 0 Å². The van der Waals surface area contributed by atoms with Crippen molar-refractivity contribution in [3.05, 3.63) is 29.8 Å².